The van der Waals surface area contributed by atoms with Crippen LogP contribution in [0.4, 0.5) is 5.69 Å². The van der Waals surface area contributed by atoms with E-state index in [1.165, 1.54) is 11.8 Å². The number of benzene rings is 2. The Bertz CT molecular complexity index is 1040. The first-order valence-corrected chi connectivity index (χ1v) is 11.1. The van der Waals surface area contributed by atoms with Gasteiger partial charge < -0.3 is 19.4 Å². The summed E-state index contributed by atoms with van der Waals surface area (Å²) in [5.74, 6) is 1.92. The molecule has 1 amide bonds. The first-order valence-electron chi connectivity index (χ1n) is 10.2. The van der Waals surface area contributed by atoms with Crippen molar-refractivity contribution in [3.8, 4) is 11.5 Å². The van der Waals surface area contributed by atoms with Gasteiger partial charge in [-0.05, 0) is 51.5 Å². The molecule has 0 spiro atoms. The third-order valence-electron chi connectivity index (χ3n) is 4.85. The maximum Gasteiger partial charge on any atom is 0.237 e. The zero-order chi connectivity index (χ0) is 22.4. The van der Waals surface area contributed by atoms with Crippen molar-refractivity contribution >= 4 is 23.4 Å². The van der Waals surface area contributed by atoms with Crippen molar-refractivity contribution in [1.29, 1.82) is 0 Å². The van der Waals surface area contributed by atoms with Gasteiger partial charge in [0.15, 0.2) is 28.6 Å². The monoisotopic (exact) mass is 440 g/mol. The van der Waals surface area contributed by atoms with E-state index in [9.17, 15) is 4.79 Å². The van der Waals surface area contributed by atoms with Crippen LogP contribution < -0.4 is 14.8 Å². The van der Waals surface area contributed by atoms with E-state index in [1.807, 2.05) is 80.8 Å². The molecule has 0 fully saturated rings. The highest BCUT2D eigenvalue weighted by Crippen LogP contribution is 2.32. The lowest BCUT2D eigenvalue weighted by Crippen LogP contribution is -2.23. The fourth-order valence-corrected chi connectivity index (χ4v) is 4.02. The summed E-state index contributed by atoms with van der Waals surface area (Å²) in [7, 11) is 1.61. The van der Waals surface area contributed by atoms with Gasteiger partial charge in [0, 0.05) is 12.2 Å². The number of para-hydroxylation sites is 3. The van der Waals surface area contributed by atoms with Crippen molar-refractivity contribution in [2.24, 2.45) is 0 Å². The number of hydrogen-bond donors (Lipinski definition) is 1. The molecule has 1 N–H and O–H groups in total. The second-order valence-corrected chi connectivity index (χ2v) is 8.37. The zero-order valence-corrected chi connectivity index (χ0v) is 19.3. The lowest BCUT2D eigenvalue weighted by atomic mass is 10.2. The summed E-state index contributed by atoms with van der Waals surface area (Å²) >= 11 is 1.38. The van der Waals surface area contributed by atoms with Gasteiger partial charge in [-0.25, -0.2) is 0 Å². The van der Waals surface area contributed by atoms with E-state index in [0.717, 1.165) is 11.3 Å². The van der Waals surface area contributed by atoms with E-state index in [0.29, 0.717) is 29.0 Å². The number of ether oxygens (including phenoxy) is 2. The molecular weight excluding hydrogens is 412 g/mol. The van der Waals surface area contributed by atoms with E-state index in [-0.39, 0.29) is 17.3 Å². The van der Waals surface area contributed by atoms with E-state index in [2.05, 4.69) is 15.5 Å². The molecule has 8 heteroatoms. The fourth-order valence-electron chi connectivity index (χ4n) is 3.10. The molecule has 7 nitrogen and oxygen atoms in total. The summed E-state index contributed by atoms with van der Waals surface area (Å²) in [6, 6.07) is 15.2. The van der Waals surface area contributed by atoms with Gasteiger partial charge in [-0.3, -0.25) is 4.79 Å². The molecule has 2 aromatic carbocycles. The molecule has 0 aliphatic rings. The number of nitrogens with zero attached hydrogens (tertiary/aromatic N) is 3. The van der Waals surface area contributed by atoms with Crippen LogP contribution in [0, 0.1) is 6.92 Å². The summed E-state index contributed by atoms with van der Waals surface area (Å²) in [6.07, 6.45) is -0.339. The molecule has 0 aliphatic heterocycles. The number of methoxy groups -OCH3 is 1. The number of anilines is 1. The van der Waals surface area contributed by atoms with Crippen LogP contribution in [0.3, 0.4) is 0 Å². The second-order valence-electron chi connectivity index (χ2n) is 7.06. The molecule has 3 rings (SSSR count). The van der Waals surface area contributed by atoms with Crippen molar-refractivity contribution in [3.63, 3.8) is 0 Å². The number of aromatic nitrogens is 3. The van der Waals surface area contributed by atoms with E-state index < -0.39 is 0 Å². The number of thioether (sulfide) groups is 1. The fraction of sp³-hybridized carbons (Fsp3) is 0.348. The quantitative estimate of drug-likeness (QED) is 0.478. The molecule has 0 saturated heterocycles. The third-order valence-corrected chi connectivity index (χ3v) is 5.93. The molecule has 1 aromatic heterocycles. The van der Waals surface area contributed by atoms with E-state index in [1.54, 1.807) is 7.11 Å². The van der Waals surface area contributed by atoms with Gasteiger partial charge in [0.05, 0.1) is 12.4 Å². The first kappa shape index (κ1) is 22.7. The average Bonchev–Trinajstić information content (AvgIpc) is 3.18. The van der Waals surface area contributed by atoms with Gasteiger partial charge in [0.2, 0.25) is 5.91 Å². The largest absolute Gasteiger partial charge is 0.493 e. The highest BCUT2D eigenvalue weighted by molar-refractivity contribution is 8.00. The Labute approximate surface area is 187 Å². The van der Waals surface area contributed by atoms with Crippen molar-refractivity contribution in [1.82, 2.24) is 14.8 Å². The Hall–Kier alpha value is -3.00. The SMILES string of the molecule is CCn1c(SC(C)C(=O)Nc2ccccc2C)nnc1C(C)Oc1ccccc1OC. The number of nitrogens with one attached hydrogen (secondary N) is 1. The predicted octanol–water partition coefficient (Wildman–Crippen LogP) is 4.87. The van der Waals surface area contributed by atoms with E-state index >= 15 is 0 Å². The van der Waals surface area contributed by atoms with Crippen molar-refractivity contribution < 1.29 is 14.3 Å². The molecule has 3 aromatic rings. The number of carbonyl (C=O) groups is 1. The number of amides is 1. The maximum absolute atomic E-state index is 12.7. The Morgan fingerprint density at radius 2 is 1.77 bits per heavy atom. The zero-order valence-electron chi connectivity index (χ0n) is 18.5. The Morgan fingerprint density at radius 1 is 1.10 bits per heavy atom. The van der Waals surface area contributed by atoms with Crippen LogP contribution in [0.25, 0.3) is 0 Å². The number of aryl methyl sites for hydroxylation is 1. The lowest BCUT2D eigenvalue weighted by molar-refractivity contribution is -0.115. The van der Waals surface area contributed by atoms with Gasteiger partial charge in [-0.1, -0.05) is 42.1 Å². The van der Waals surface area contributed by atoms with Crippen molar-refractivity contribution in [2.75, 3.05) is 12.4 Å². The predicted molar refractivity (Wildman–Crippen MR) is 123 cm³/mol. The maximum atomic E-state index is 12.7. The van der Waals surface area contributed by atoms with Gasteiger partial charge >= 0.3 is 0 Å². The number of rotatable bonds is 9. The van der Waals surface area contributed by atoms with Crippen LogP contribution in [0.1, 0.15) is 38.3 Å². The minimum absolute atomic E-state index is 0.0789. The highest BCUT2D eigenvalue weighted by atomic mass is 32.2. The Morgan fingerprint density at radius 3 is 2.45 bits per heavy atom. The average molecular weight is 441 g/mol. The first-order chi connectivity index (χ1) is 14.9. The van der Waals surface area contributed by atoms with Crippen LogP contribution in [0.5, 0.6) is 11.5 Å². The molecule has 31 heavy (non-hydrogen) atoms. The molecule has 0 bridgehead atoms. The molecule has 0 aliphatic carbocycles. The normalized spacial score (nSPS) is 12.8. The minimum atomic E-state index is -0.340. The second kappa shape index (κ2) is 10.3. The van der Waals surface area contributed by atoms with Crippen LogP contribution in [-0.4, -0.2) is 33.0 Å². The summed E-state index contributed by atoms with van der Waals surface area (Å²) in [6.45, 7) is 8.44. The summed E-state index contributed by atoms with van der Waals surface area (Å²) in [5, 5.41) is 12.0. The molecule has 0 saturated carbocycles. The molecule has 1 heterocycles. The molecule has 164 valence electrons. The van der Waals surface area contributed by atoms with Gasteiger partial charge in [-0.15, -0.1) is 10.2 Å². The summed E-state index contributed by atoms with van der Waals surface area (Å²) in [5.41, 5.74) is 1.84. The highest BCUT2D eigenvalue weighted by Gasteiger charge is 2.23. The van der Waals surface area contributed by atoms with Gasteiger partial charge in [0.1, 0.15) is 0 Å². The summed E-state index contributed by atoms with van der Waals surface area (Å²) in [4.78, 5) is 12.7. The van der Waals surface area contributed by atoms with Crippen LogP contribution in [0.2, 0.25) is 0 Å². The lowest BCUT2D eigenvalue weighted by Gasteiger charge is -2.18. The van der Waals surface area contributed by atoms with Crippen LogP contribution in [-0.2, 0) is 11.3 Å². The number of hydrogen-bond acceptors (Lipinski definition) is 6. The molecule has 2 atom stereocenters. The third kappa shape index (κ3) is 5.38. The van der Waals surface area contributed by atoms with Crippen molar-refractivity contribution in [3.05, 3.63) is 59.9 Å². The van der Waals surface area contributed by atoms with Crippen LogP contribution >= 0.6 is 11.8 Å². The topological polar surface area (TPSA) is 78.3 Å². The van der Waals surface area contributed by atoms with E-state index in [4.69, 9.17) is 9.47 Å². The molecule has 2 unspecified atom stereocenters. The number of carbonyl (C=O) groups excluding carboxylic acids is 1. The van der Waals surface area contributed by atoms with Crippen molar-refractivity contribution in [2.45, 2.75) is 50.8 Å². The van der Waals surface area contributed by atoms with Gasteiger partial charge in [0.25, 0.3) is 0 Å². The smallest absolute Gasteiger partial charge is 0.237 e. The summed E-state index contributed by atoms with van der Waals surface area (Å²) < 4.78 is 13.4. The standard InChI is InChI=1S/C23H28N4O3S/c1-6-27-21(16(3)30-20-14-10-9-13-19(20)29-5)25-26-23(27)31-17(4)22(28)24-18-12-8-7-11-15(18)2/h7-14,16-17H,6H2,1-5H3,(H,24,28). The molecule has 0 radical (unpaired) electrons. The Kier molecular flexibility index (Phi) is 7.57. The Balaban J connectivity index is 1.72. The van der Waals surface area contributed by atoms with Crippen LogP contribution in [0.15, 0.2) is 53.7 Å². The van der Waals surface area contributed by atoms with Gasteiger partial charge in [-0.2, -0.15) is 0 Å². The molecular formula is C23H28N4O3S. The minimum Gasteiger partial charge on any atom is -0.493 e.